The molecule has 31 heavy (non-hydrogen) atoms. The number of rotatable bonds is 4. The maximum Gasteiger partial charge on any atom is 0.349 e. The first-order valence-electron chi connectivity index (χ1n) is 8.23. The first-order valence-corrected chi connectivity index (χ1v) is 13.4. The van der Waals surface area contributed by atoms with Gasteiger partial charge in [0.2, 0.25) is 5.69 Å². The van der Waals surface area contributed by atoms with Crippen LogP contribution in [-0.4, -0.2) is 18.7 Å². The van der Waals surface area contributed by atoms with Crippen molar-refractivity contribution in [2.24, 2.45) is 0 Å². The number of hydrogen-bond acceptors (Lipinski definition) is 6. The van der Waals surface area contributed by atoms with Crippen molar-refractivity contribution < 1.29 is 4.74 Å². The number of aromatic nitrogens is 4. The van der Waals surface area contributed by atoms with Crippen LogP contribution in [0.2, 0.25) is 10.0 Å². The Bertz CT molecular complexity index is 1490. The topological polar surface area (TPSA) is 106 Å². The first kappa shape index (κ1) is 22.5. The number of aromatic amines is 1. The molecular weight excluding hydrogens is 691 g/mol. The number of ether oxygens (including phenoxy) is 1. The third-order valence-corrected chi connectivity index (χ3v) is 7.29. The molecule has 8 nitrogen and oxygen atoms in total. The molecule has 156 valence electrons. The van der Waals surface area contributed by atoms with Crippen molar-refractivity contribution in [1.82, 2.24) is 18.7 Å². The molecule has 2 heterocycles. The molecule has 0 unspecified atom stereocenters. The van der Waals surface area contributed by atoms with Gasteiger partial charge in [0.15, 0.2) is 5.75 Å². The van der Waals surface area contributed by atoms with Gasteiger partial charge in [-0.1, -0.05) is 23.2 Å². The largest absolute Gasteiger partial charge is 0.454 e. The molecule has 1 N–H and O–H groups in total. The molecule has 2 aromatic heterocycles. The Kier molecular flexibility index (Phi) is 6.54. The SMILES string of the molecule is N#Cc1nn(-c2cc(Cl)c(Oc3ccc4c(c3)c(I)cn4SI)c(Cl)c2)c(=O)[nH]c1=O. The molecule has 4 aromatic rings. The van der Waals surface area contributed by atoms with E-state index in [0.29, 0.717) is 5.75 Å². The average molecular weight is 698 g/mol. The van der Waals surface area contributed by atoms with E-state index in [1.54, 1.807) is 21.3 Å². The van der Waals surface area contributed by atoms with Crippen LogP contribution in [0.4, 0.5) is 0 Å². The summed E-state index contributed by atoms with van der Waals surface area (Å²) >= 11 is 17.2. The lowest BCUT2D eigenvalue weighted by Gasteiger charge is -2.12. The van der Waals surface area contributed by atoms with E-state index in [1.165, 1.54) is 12.1 Å². The second-order valence-electron chi connectivity index (χ2n) is 6.02. The van der Waals surface area contributed by atoms with Gasteiger partial charge in [-0.3, -0.25) is 13.8 Å². The van der Waals surface area contributed by atoms with E-state index in [9.17, 15) is 9.59 Å². The molecule has 0 bridgehead atoms. The fourth-order valence-electron chi connectivity index (χ4n) is 2.79. The van der Waals surface area contributed by atoms with Crippen LogP contribution in [0.3, 0.4) is 0 Å². The summed E-state index contributed by atoms with van der Waals surface area (Å²) < 4.78 is 9.87. The lowest BCUT2D eigenvalue weighted by atomic mass is 10.2. The molecule has 2 aromatic carbocycles. The van der Waals surface area contributed by atoms with Gasteiger partial charge in [-0.25, -0.2) is 4.79 Å². The van der Waals surface area contributed by atoms with Crippen LogP contribution >= 0.6 is 76.1 Å². The van der Waals surface area contributed by atoms with Crippen LogP contribution in [0.1, 0.15) is 5.69 Å². The van der Waals surface area contributed by atoms with E-state index in [1.807, 2.05) is 27.3 Å². The van der Waals surface area contributed by atoms with Crippen LogP contribution in [0, 0.1) is 14.9 Å². The number of halogens is 4. The number of fused-ring (bicyclic) bond motifs is 1. The van der Waals surface area contributed by atoms with E-state index in [4.69, 9.17) is 33.2 Å². The van der Waals surface area contributed by atoms with E-state index < -0.39 is 16.9 Å². The fraction of sp³-hybridized carbons (Fsp3) is 0. The van der Waals surface area contributed by atoms with Gasteiger partial charge in [-0.2, -0.15) is 9.94 Å². The minimum atomic E-state index is -0.874. The highest BCUT2D eigenvalue weighted by molar-refractivity contribution is 14.2. The number of benzene rings is 2. The molecule has 0 amide bonds. The molecule has 0 spiro atoms. The number of nitrogens with one attached hydrogen (secondary N) is 1. The highest BCUT2D eigenvalue weighted by atomic mass is 127. The lowest BCUT2D eigenvalue weighted by Crippen LogP contribution is -2.33. The van der Waals surface area contributed by atoms with Gasteiger partial charge < -0.3 is 4.74 Å². The quantitative estimate of drug-likeness (QED) is 0.291. The molecular formula is C18H7Cl2I2N5O3S. The zero-order valence-electron chi connectivity index (χ0n) is 14.9. The molecule has 0 atom stereocenters. The number of H-pyrrole nitrogens is 1. The molecule has 0 fully saturated rings. The number of hydrogen-bond donors (Lipinski definition) is 1. The molecule has 0 radical (unpaired) electrons. The second-order valence-corrected chi connectivity index (χ2v) is 9.71. The standard InChI is InChI=1S/C18H7Cl2I2N5O3S/c19-11-3-8(27-18(29)24-17(28)14(6-23)25-27)4-12(20)16(11)30-9-1-2-15-10(5-9)13(21)7-26(15)31-22/h1-5,7H,(H,24,28,29). The summed E-state index contributed by atoms with van der Waals surface area (Å²) in [7, 11) is 1.56. The lowest BCUT2D eigenvalue weighted by molar-refractivity contribution is 0.483. The Morgan fingerprint density at radius 1 is 1.19 bits per heavy atom. The summed E-state index contributed by atoms with van der Waals surface area (Å²) in [6, 6.07) is 10.0. The van der Waals surface area contributed by atoms with E-state index in [0.717, 1.165) is 19.2 Å². The zero-order valence-corrected chi connectivity index (χ0v) is 21.5. The van der Waals surface area contributed by atoms with Gasteiger partial charge in [0.05, 0.1) is 21.2 Å². The number of nitrogens with zero attached hydrogens (tertiary/aromatic N) is 4. The van der Waals surface area contributed by atoms with Gasteiger partial charge in [0.1, 0.15) is 11.8 Å². The molecule has 4 rings (SSSR count). The summed E-state index contributed by atoms with van der Waals surface area (Å²) in [4.78, 5) is 25.7. The molecule has 0 saturated carbocycles. The normalized spacial score (nSPS) is 10.9. The third-order valence-electron chi connectivity index (χ3n) is 4.15. The van der Waals surface area contributed by atoms with Crippen LogP contribution in [-0.2, 0) is 0 Å². The van der Waals surface area contributed by atoms with Gasteiger partial charge >= 0.3 is 5.69 Å². The third kappa shape index (κ3) is 4.31. The average Bonchev–Trinajstić information content (AvgIpc) is 3.06. The van der Waals surface area contributed by atoms with Crippen molar-refractivity contribution in [3.63, 3.8) is 0 Å². The monoisotopic (exact) mass is 697 g/mol. The predicted octanol–water partition coefficient (Wildman–Crippen LogP) is 5.30. The summed E-state index contributed by atoms with van der Waals surface area (Å²) in [6.07, 6.45) is 2.02. The van der Waals surface area contributed by atoms with Crippen LogP contribution in [0.15, 0.2) is 46.1 Å². The van der Waals surface area contributed by atoms with E-state index in [2.05, 4.69) is 48.9 Å². The van der Waals surface area contributed by atoms with E-state index in [-0.39, 0.29) is 21.5 Å². The van der Waals surface area contributed by atoms with E-state index >= 15 is 0 Å². The maximum absolute atomic E-state index is 12.1. The Hall–Kier alpha value is -1.73. The van der Waals surface area contributed by atoms with Gasteiger partial charge in [-0.15, -0.1) is 5.10 Å². The van der Waals surface area contributed by atoms with Crippen LogP contribution < -0.4 is 16.0 Å². The van der Waals surface area contributed by atoms with Crippen LogP contribution in [0.5, 0.6) is 11.5 Å². The molecule has 0 aliphatic rings. The Morgan fingerprint density at radius 2 is 1.90 bits per heavy atom. The second kappa shape index (κ2) is 9.02. The molecule has 0 saturated heterocycles. The summed E-state index contributed by atoms with van der Waals surface area (Å²) in [5, 5.41) is 14.0. The van der Waals surface area contributed by atoms with Crippen molar-refractivity contribution in [2.45, 2.75) is 0 Å². The Morgan fingerprint density at radius 3 is 2.55 bits per heavy atom. The summed E-state index contributed by atoms with van der Waals surface area (Å²) in [6.45, 7) is 0. The minimum Gasteiger partial charge on any atom is -0.454 e. The Balaban J connectivity index is 1.75. The highest BCUT2D eigenvalue weighted by Crippen LogP contribution is 2.39. The fourth-order valence-corrected chi connectivity index (χ4v) is 5.60. The smallest absolute Gasteiger partial charge is 0.349 e. The summed E-state index contributed by atoms with van der Waals surface area (Å²) in [5.41, 5.74) is -0.961. The summed E-state index contributed by atoms with van der Waals surface area (Å²) in [5.74, 6) is 0.728. The molecule has 0 aliphatic carbocycles. The molecule has 0 aliphatic heterocycles. The Labute approximate surface area is 214 Å². The maximum atomic E-state index is 12.1. The first-order chi connectivity index (χ1) is 14.8. The van der Waals surface area contributed by atoms with Crippen LogP contribution in [0.25, 0.3) is 16.6 Å². The van der Waals surface area contributed by atoms with Gasteiger partial charge in [0, 0.05) is 45.5 Å². The minimum absolute atomic E-state index is 0.121. The van der Waals surface area contributed by atoms with Crippen molar-refractivity contribution in [1.29, 1.82) is 5.26 Å². The zero-order chi connectivity index (χ0) is 22.3. The predicted molar refractivity (Wildman–Crippen MR) is 137 cm³/mol. The van der Waals surface area contributed by atoms with Crippen molar-refractivity contribution in [3.05, 3.63) is 76.7 Å². The number of nitriles is 1. The highest BCUT2D eigenvalue weighted by Gasteiger charge is 2.16. The van der Waals surface area contributed by atoms with Crippen molar-refractivity contribution in [3.8, 4) is 23.3 Å². The van der Waals surface area contributed by atoms with Gasteiger partial charge in [0.25, 0.3) is 5.56 Å². The van der Waals surface area contributed by atoms with Gasteiger partial charge in [-0.05, 0) is 52.9 Å². The van der Waals surface area contributed by atoms with Crippen molar-refractivity contribution >= 4 is 87.0 Å². The molecule has 13 heteroatoms. The van der Waals surface area contributed by atoms with Crippen molar-refractivity contribution in [2.75, 3.05) is 0 Å².